The topological polar surface area (TPSA) is 31.5 Å². The van der Waals surface area contributed by atoms with Crippen molar-refractivity contribution in [2.24, 2.45) is 0 Å². The molecule has 0 heterocycles. The molecule has 0 fully saturated rings. The Morgan fingerprint density at radius 1 is 1.25 bits per heavy atom. The van der Waals surface area contributed by atoms with Gasteiger partial charge in [-0.3, -0.25) is 0 Å². The van der Waals surface area contributed by atoms with Gasteiger partial charge in [0.25, 0.3) is 0 Å². The van der Waals surface area contributed by atoms with Gasteiger partial charge in [-0.2, -0.15) is 0 Å². The summed E-state index contributed by atoms with van der Waals surface area (Å²) >= 11 is 4.86. The molecular formula is H2BrKOPt. The molecule has 26 valence electrons. The first kappa shape index (κ1) is 15.9. The minimum Gasteiger partial charge on any atom is 1.00 e. The van der Waals surface area contributed by atoms with Crippen LogP contribution in [0.25, 0.3) is 0 Å². The molecule has 0 saturated carbocycles. The number of rotatable bonds is 0. The predicted octanol–water partition coefficient (Wildman–Crippen LogP) is -2.98. The fourth-order valence-electron chi connectivity index (χ4n) is 0. The van der Waals surface area contributed by atoms with Gasteiger partial charge in [0.15, 0.2) is 0 Å². The molecule has 0 aromatic carbocycles. The van der Waals surface area contributed by atoms with Crippen molar-refractivity contribution in [2.75, 3.05) is 0 Å². The van der Waals surface area contributed by atoms with Crippen LogP contribution < -0.4 is 51.4 Å². The van der Waals surface area contributed by atoms with E-state index in [4.69, 9.17) is 0 Å². The zero-order chi connectivity index (χ0) is 2.00. The molecule has 0 bridgehead atoms. The molecule has 0 unspecified atom stereocenters. The van der Waals surface area contributed by atoms with E-state index in [1.807, 2.05) is 17.8 Å². The third-order valence-corrected chi connectivity index (χ3v) is 0. The van der Waals surface area contributed by atoms with Crippen molar-refractivity contribution in [3.05, 3.63) is 0 Å². The molecule has 0 amide bonds. The fourth-order valence-corrected chi connectivity index (χ4v) is 0. The minimum absolute atomic E-state index is 0. The van der Waals surface area contributed by atoms with E-state index in [1.165, 1.54) is 0 Å². The Morgan fingerprint density at radius 2 is 1.25 bits per heavy atom. The zero-order valence-electron chi connectivity index (χ0n) is 2.19. The van der Waals surface area contributed by atoms with Crippen molar-refractivity contribution in [1.29, 1.82) is 0 Å². The van der Waals surface area contributed by atoms with Crippen LogP contribution in [-0.4, -0.2) is 5.48 Å². The normalized spacial score (nSPS) is 1.75. The Hall–Kier alpha value is 2.76. The molecule has 0 aliphatic heterocycles. The molecule has 0 rings (SSSR count). The van der Waals surface area contributed by atoms with Crippen molar-refractivity contribution in [1.82, 2.24) is 0 Å². The molecule has 4 heteroatoms. The summed E-state index contributed by atoms with van der Waals surface area (Å²) in [5.74, 6) is 0. The van der Waals surface area contributed by atoms with Gasteiger partial charge in [0, 0.05) is 0 Å². The molecule has 0 aliphatic rings. The summed E-state index contributed by atoms with van der Waals surface area (Å²) in [5, 5.41) is 0. The quantitative estimate of drug-likeness (QED) is 0.424. The molecule has 0 aromatic heterocycles. The molecule has 0 saturated heterocycles. The first-order valence-electron chi connectivity index (χ1n) is 0.120. The van der Waals surface area contributed by atoms with E-state index in [-0.39, 0.29) is 56.9 Å². The van der Waals surface area contributed by atoms with E-state index in [1.54, 1.807) is 0 Å². The Kier molecular flexibility index (Phi) is 67.9. The van der Waals surface area contributed by atoms with Crippen molar-refractivity contribution in [3.63, 3.8) is 0 Å². The van der Waals surface area contributed by atoms with Gasteiger partial charge in [-0.1, -0.05) is 0 Å². The SMILES string of the molecule is O.[Br][Pt-].[K+]. The average Bonchev–Trinajstić information content (AvgIpc) is 1.00. The molecule has 2 N–H and O–H groups in total. The van der Waals surface area contributed by atoms with Crippen molar-refractivity contribution in [3.8, 4) is 0 Å². The van der Waals surface area contributed by atoms with Crippen LogP contribution >= 0.6 is 13.3 Å². The maximum atomic E-state index is 2.91. The van der Waals surface area contributed by atoms with Gasteiger partial charge in [-0.15, -0.1) is 0 Å². The van der Waals surface area contributed by atoms with Gasteiger partial charge in [0.2, 0.25) is 0 Å². The summed E-state index contributed by atoms with van der Waals surface area (Å²) in [6, 6.07) is 0. The van der Waals surface area contributed by atoms with Gasteiger partial charge in [-0.25, -0.2) is 0 Å². The van der Waals surface area contributed by atoms with E-state index in [0.29, 0.717) is 0 Å². The second-order valence-electron chi connectivity index (χ2n) is 0. The van der Waals surface area contributed by atoms with E-state index < -0.39 is 0 Å². The van der Waals surface area contributed by atoms with Crippen LogP contribution in [-0.2, 0) is 17.8 Å². The molecule has 0 spiro atoms. The second-order valence-corrected chi connectivity index (χ2v) is 0. The van der Waals surface area contributed by atoms with Crippen LogP contribution in [0, 0.1) is 0 Å². The molecule has 0 aromatic rings. The first-order chi connectivity index (χ1) is 1.00. The maximum Gasteiger partial charge on any atom is 1.00 e. The summed E-state index contributed by atoms with van der Waals surface area (Å²) in [6.07, 6.45) is 0. The Balaban J connectivity index is -0.00000000500. The summed E-state index contributed by atoms with van der Waals surface area (Å²) in [4.78, 5) is 0. The molecule has 0 radical (unpaired) electrons. The summed E-state index contributed by atoms with van der Waals surface area (Å²) < 4.78 is 0. The van der Waals surface area contributed by atoms with Crippen LogP contribution in [0.1, 0.15) is 0 Å². The largest absolute Gasteiger partial charge is 1.00 e. The number of halogens is 1. The molecular weight excluding hydrogens is 330 g/mol. The third kappa shape index (κ3) is 8.83. The van der Waals surface area contributed by atoms with Crippen LogP contribution in [0.2, 0.25) is 0 Å². The summed E-state index contributed by atoms with van der Waals surface area (Å²) in [5.41, 5.74) is 0. The van der Waals surface area contributed by atoms with E-state index in [9.17, 15) is 0 Å². The van der Waals surface area contributed by atoms with Crippen molar-refractivity contribution >= 4 is 13.3 Å². The minimum atomic E-state index is 0. The maximum absolute atomic E-state index is 2.91. The van der Waals surface area contributed by atoms with Crippen LogP contribution in [0.4, 0.5) is 0 Å². The van der Waals surface area contributed by atoms with E-state index >= 15 is 0 Å². The van der Waals surface area contributed by atoms with Crippen molar-refractivity contribution in [2.45, 2.75) is 0 Å². The summed E-state index contributed by atoms with van der Waals surface area (Å²) in [7, 11) is 0. The van der Waals surface area contributed by atoms with Gasteiger partial charge in [0.05, 0.1) is 0 Å². The molecule has 0 aliphatic carbocycles. The van der Waals surface area contributed by atoms with Crippen molar-refractivity contribution < 1.29 is 74.6 Å². The standard InChI is InChI=1S/BrH.K.H2O.Pt/h1H;;1H2;/q;+1;;/p-1. The van der Waals surface area contributed by atoms with Crippen LogP contribution in [0.3, 0.4) is 0 Å². The first-order valence-corrected chi connectivity index (χ1v) is 5.08. The Labute approximate surface area is 85.7 Å². The Bertz CT molecular complexity index is 8.00. The Morgan fingerprint density at radius 3 is 1.25 bits per heavy atom. The zero-order valence-corrected chi connectivity index (χ0v) is 9.18. The van der Waals surface area contributed by atoms with Crippen LogP contribution in [0.15, 0.2) is 0 Å². The van der Waals surface area contributed by atoms with E-state index in [0.717, 1.165) is 0 Å². The van der Waals surface area contributed by atoms with E-state index in [2.05, 4.69) is 13.3 Å². The third-order valence-electron chi connectivity index (χ3n) is 0. The average molecular weight is 332 g/mol. The molecule has 1 nitrogen and oxygen atoms in total. The van der Waals surface area contributed by atoms with Gasteiger partial charge in [-0.05, 0) is 0 Å². The second kappa shape index (κ2) is 17.1. The smallest absolute Gasteiger partial charge is 1.00 e. The molecule has 0 atom stereocenters. The summed E-state index contributed by atoms with van der Waals surface area (Å²) in [6.45, 7) is 0. The number of hydrogen-bond acceptors (Lipinski definition) is 0. The van der Waals surface area contributed by atoms with Gasteiger partial charge in [0.1, 0.15) is 0 Å². The van der Waals surface area contributed by atoms with Crippen LogP contribution in [0.5, 0.6) is 0 Å². The predicted molar refractivity (Wildman–Crippen MR) is 12.5 cm³/mol. The van der Waals surface area contributed by atoms with Gasteiger partial charge >= 0.3 is 82.4 Å². The van der Waals surface area contributed by atoms with Gasteiger partial charge < -0.3 is 5.48 Å². The monoisotopic (exact) mass is 331 g/mol. The number of hydrogen-bond donors (Lipinski definition) is 0. The molecule has 4 heavy (non-hydrogen) atoms. The fraction of sp³-hybridized carbons (Fsp3) is 0.